The van der Waals surface area contributed by atoms with E-state index in [0.29, 0.717) is 0 Å². The zero-order chi connectivity index (χ0) is 23.9. The maximum absolute atomic E-state index is 12.4. The van der Waals surface area contributed by atoms with Crippen LogP contribution < -0.4 is 11.4 Å². The summed E-state index contributed by atoms with van der Waals surface area (Å²) in [6.07, 6.45) is -3.30. The molecule has 1 aromatic rings. The van der Waals surface area contributed by atoms with E-state index in [-0.39, 0.29) is 25.1 Å². The second kappa shape index (κ2) is 10.6. The van der Waals surface area contributed by atoms with Gasteiger partial charge in [-0.05, 0) is 11.6 Å². The van der Waals surface area contributed by atoms with Crippen molar-refractivity contribution in [2.75, 3.05) is 12.3 Å². The van der Waals surface area contributed by atoms with Crippen LogP contribution in [0.5, 0.6) is 0 Å². The van der Waals surface area contributed by atoms with E-state index in [1.165, 1.54) is 26.1 Å². The Morgan fingerprint density at radius 1 is 1.22 bits per heavy atom. The third-order valence-electron chi connectivity index (χ3n) is 4.52. The first kappa shape index (κ1) is 24.6. The molecule has 0 aliphatic carbocycles. The molecule has 4 atom stereocenters. The average Bonchev–Trinajstić information content (AvgIpc) is 3.05. The standard InChI is InChI=1S/C18H24N6O8/c1-4-11(25)29-9-18(22-23-20)15(31-13(27)6-3)14(30-12(26)5-2)16(32-18)24-8-7-10(19)21-17(24)28/h7-8,14-16H,4-6,9H2,1-3H3,(H2,19,21,28)/t14-,15+,16?,18-/m1/s1. The number of nitrogens with zero attached hydrogens (tertiary/aromatic N) is 5. The first-order valence-corrected chi connectivity index (χ1v) is 9.84. The number of carbonyl (C=O) groups excluding carboxylic acids is 3. The van der Waals surface area contributed by atoms with E-state index in [1.54, 1.807) is 6.92 Å². The smallest absolute Gasteiger partial charge is 0.351 e. The minimum absolute atomic E-state index is 0.00474. The van der Waals surface area contributed by atoms with Crippen molar-refractivity contribution in [2.45, 2.75) is 64.2 Å². The third kappa shape index (κ3) is 5.34. The van der Waals surface area contributed by atoms with Crippen molar-refractivity contribution in [1.29, 1.82) is 0 Å². The lowest BCUT2D eigenvalue weighted by molar-refractivity contribution is -0.179. The van der Waals surface area contributed by atoms with Crippen LogP contribution >= 0.6 is 0 Å². The fraction of sp³-hybridized carbons (Fsp3) is 0.611. The number of azide groups is 1. The van der Waals surface area contributed by atoms with Crippen molar-refractivity contribution in [1.82, 2.24) is 9.55 Å². The van der Waals surface area contributed by atoms with Gasteiger partial charge in [0.1, 0.15) is 12.4 Å². The van der Waals surface area contributed by atoms with Gasteiger partial charge in [-0.3, -0.25) is 19.0 Å². The number of rotatable bonds is 9. The SMILES string of the molecule is CCC(=O)OC[C@@]1(N=[N+]=[N-])OC(n2ccc(N)nc2=O)[C@H](OC(=O)CC)[C@@H]1OC(=O)CC. The van der Waals surface area contributed by atoms with Gasteiger partial charge in [0.2, 0.25) is 5.72 Å². The molecule has 1 aliphatic heterocycles. The summed E-state index contributed by atoms with van der Waals surface area (Å²) in [5.41, 5.74) is 11.7. The molecule has 14 nitrogen and oxygen atoms in total. The normalized spacial score (nSPS) is 24.3. The Bertz CT molecular complexity index is 974. The Labute approximate surface area is 182 Å². The van der Waals surface area contributed by atoms with E-state index in [2.05, 4.69) is 15.0 Å². The Balaban J connectivity index is 2.64. The fourth-order valence-electron chi connectivity index (χ4n) is 2.91. The minimum Gasteiger partial charge on any atom is -0.462 e. The Kier molecular flexibility index (Phi) is 8.15. The van der Waals surface area contributed by atoms with Crippen molar-refractivity contribution in [3.05, 3.63) is 33.2 Å². The first-order valence-electron chi connectivity index (χ1n) is 9.84. The average molecular weight is 452 g/mol. The van der Waals surface area contributed by atoms with Crippen LogP contribution in [0, 0.1) is 0 Å². The molecular formula is C18H24N6O8. The topological polar surface area (TPSA) is 198 Å². The number of hydrogen-bond acceptors (Lipinski definition) is 11. The predicted octanol–water partition coefficient (Wildman–Crippen LogP) is 0.958. The number of ether oxygens (including phenoxy) is 4. The molecule has 32 heavy (non-hydrogen) atoms. The van der Waals surface area contributed by atoms with Crippen molar-refractivity contribution in [2.24, 2.45) is 5.11 Å². The number of aromatic nitrogens is 2. The molecule has 2 N–H and O–H groups in total. The molecule has 2 heterocycles. The van der Waals surface area contributed by atoms with Crippen LogP contribution in [0.4, 0.5) is 5.82 Å². The summed E-state index contributed by atoms with van der Waals surface area (Å²) >= 11 is 0. The summed E-state index contributed by atoms with van der Waals surface area (Å²) in [5.74, 6) is -2.17. The molecule has 1 aromatic heterocycles. The molecule has 0 spiro atoms. The highest BCUT2D eigenvalue weighted by Crippen LogP contribution is 2.42. The van der Waals surface area contributed by atoms with E-state index >= 15 is 0 Å². The number of carbonyl (C=O) groups is 3. The van der Waals surface area contributed by atoms with Gasteiger partial charge in [0.15, 0.2) is 18.4 Å². The fourth-order valence-corrected chi connectivity index (χ4v) is 2.91. The van der Waals surface area contributed by atoms with Gasteiger partial charge in [0.25, 0.3) is 0 Å². The van der Waals surface area contributed by atoms with Crippen LogP contribution in [-0.4, -0.2) is 52.0 Å². The van der Waals surface area contributed by atoms with Gasteiger partial charge < -0.3 is 24.7 Å². The van der Waals surface area contributed by atoms with E-state index in [0.717, 1.165) is 4.57 Å². The number of esters is 3. The number of hydrogen-bond donors (Lipinski definition) is 1. The summed E-state index contributed by atoms with van der Waals surface area (Å²) < 4.78 is 22.7. The lowest BCUT2D eigenvalue weighted by atomic mass is 10.0. The molecule has 1 saturated heterocycles. The van der Waals surface area contributed by atoms with Crippen molar-refractivity contribution in [3.8, 4) is 0 Å². The second-order valence-electron chi connectivity index (χ2n) is 6.67. The zero-order valence-electron chi connectivity index (χ0n) is 17.8. The molecule has 0 saturated carbocycles. The van der Waals surface area contributed by atoms with E-state index in [1.807, 2.05) is 0 Å². The monoisotopic (exact) mass is 452 g/mol. The Morgan fingerprint density at radius 3 is 2.41 bits per heavy atom. The van der Waals surface area contributed by atoms with E-state index in [4.69, 9.17) is 24.7 Å². The van der Waals surface area contributed by atoms with Gasteiger partial charge in [0, 0.05) is 30.4 Å². The summed E-state index contributed by atoms with van der Waals surface area (Å²) in [4.78, 5) is 54.8. The summed E-state index contributed by atoms with van der Waals surface area (Å²) in [6.45, 7) is 3.92. The molecule has 1 unspecified atom stereocenters. The van der Waals surface area contributed by atoms with Crippen LogP contribution in [0.1, 0.15) is 46.3 Å². The highest BCUT2D eigenvalue weighted by Gasteiger charge is 2.61. The Hall–Kier alpha value is -3.64. The molecule has 14 heteroatoms. The van der Waals surface area contributed by atoms with Crippen LogP contribution in [0.2, 0.25) is 0 Å². The van der Waals surface area contributed by atoms with Crippen LogP contribution in [0.15, 0.2) is 22.2 Å². The first-order chi connectivity index (χ1) is 15.2. The quantitative estimate of drug-likeness (QED) is 0.185. The summed E-state index contributed by atoms with van der Waals surface area (Å²) in [7, 11) is 0. The molecular weight excluding hydrogens is 428 g/mol. The largest absolute Gasteiger partial charge is 0.462 e. The van der Waals surface area contributed by atoms with Gasteiger partial charge in [0.05, 0.1) is 0 Å². The molecule has 174 valence electrons. The molecule has 0 bridgehead atoms. The number of anilines is 1. The van der Waals surface area contributed by atoms with Crippen molar-refractivity contribution < 1.29 is 33.3 Å². The van der Waals surface area contributed by atoms with Crippen molar-refractivity contribution >= 4 is 23.7 Å². The van der Waals surface area contributed by atoms with E-state index < -0.39 is 54.4 Å². The van der Waals surface area contributed by atoms with Crippen LogP contribution in [0.25, 0.3) is 10.4 Å². The number of nitrogen functional groups attached to an aromatic ring is 1. The molecule has 2 rings (SSSR count). The molecule has 0 amide bonds. The van der Waals surface area contributed by atoms with Gasteiger partial charge in [-0.1, -0.05) is 25.9 Å². The van der Waals surface area contributed by atoms with Gasteiger partial charge in [-0.2, -0.15) is 4.98 Å². The third-order valence-corrected chi connectivity index (χ3v) is 4.52. The number of nitrogens with two attached hydrogens (primary N) is 1. The minimum atomic E-state index is -2.13. The predicted molar refractivity (Wildman–Crippen MR) is 107 cm³/mol. The summed E-state index contributed by atoms with van der Waals surface area (Å²) in [6, 6.07) is 1.29. The van der Waals surface area contributed by atoms with Crippen molar-refractivity contribution in [3.63, 3.8) is 0 Å². The molecule has 1 fully saturated rings. The summed E-state index contributed by atoms with van der Waals surface area (Å²) in [5, 5.41) is 3.59. The second-order valence-corrected chi connectivity index (χ2v) is 6.67. The molecule has 1 aliphatic rings. The van der Waals surface area contributed by atoms with Crippen LogP contribution in [0.3, 0.4) is 0 Å². The van der Waals surface area contributed by atoms with Gasteiger partial charge >= 0.3 is 23.6 Å². The lowest BCUT2D eigenvalue weighted by Gasteiger charge is -2.29. The maximum Gasteiger partial charge on any atom is 0.351 e. The Morgan fingerprint density at radius 2 is 1.84 bits per heavy atom. The van der Waals surface area contributed by atoms with E-state index in [9.17, 15) is 24.7 Å². The maximum atomic E-state index is 12.4. The molecule has 0 aromatic carbocycles. The highest BCUT2D eigenvalue weighted by atomic mass is 16.7. The van der Waals surface area contributed by atoms with Gasteiger partial charge in [-0.25, -0.2) is 4.79 Å². The zero-order valence-corrected chi connectivity index (χ0v) is 17.8. The van der Waals surface area contributed by atoms with Gasteiger partial charge in [-0.15, -0.1) is 0 Å². The highest BCUT2D eigenvalue weighted by molar-refractivity contribution is 5.71. The lowest BCUT2D eigenvalue weighted by Crippen LogP contribution is -2.49. The molecule has 0 radical (unpaired) electrons. The van der Waals surface area contributed by atoms with Crippen LogP contribution in [-0.2, 0) is 33.3 Å².